The highest BCUT2D eigenvalue weighted by molar-refractivity contribution is 9.10. The maximum Gasteiger partial charge on any atom is 0.310 e. The lowest BCUT2D eigenvalue weighted by Gasteiger charge is -2.89. The summed E-state index contributed by atoms with van der Waals surface area (Å²) in [7, 11) is 0. The number of carboxylic acid groups (broad SMARTS) is 1. The van der Waals surface area contributed by atoms with Gasteiger partial charge in [-0.25, -0.2) is 0 Å². The SMILES string of the molecule is O=C(O)C12C3[C@@H]4[C@H]1C1[C@@H]2[C@@H]3C4(Br)C1(O)O. The summed E-state index contributed by atoms with van der Waals surface area (Å²) in [6.07, 6.45) is 0. The molecule has 3 N–H and O–H groups in total. The molecule has 0 radical (unpaired) electrons. The van der Waals surface area contributed by atoms with E-state index in [2.05, 4.69) is 15.9 Å². The molecule has 0 aromatic rings. The fraction of sp³-hybridized carbons (Fsp3) is 0.900. The molecule has 6 aliphatic rings. The molecule has 6 rings (SSSR count). The molecule has 0 aromatic carbocycles. The first-order valence-electron chi connectivity index (χ1n) is 5.30. The minimum Gasteiger partial charge on any atom is -0.481 e. The van der Waals surface area contributed by atoms with Gasteiger partial charge in [-0.3, -0.25) is 4.79 Å². The fourth-order valence-electron chi connectivity index (χ4n) is 6.26. The number of halogens is 1. The molecular weight excluding hydrogens is 264 g/mol. The molecule has 6 saturated carbocycles. The van der Waals surface area contributed by atoms with E-state index in [4.69, 9.17) is 0 Å². The van der Waals surface area contributed by atoms with Gasteiger partial charge < -0.3 is 15.3 Å². The molecule has 0 amide bonds. The van der Waals surface area contributed by atoms with Gasteiger partial charge in [0, 0.05) is 5.92 Å². The van der Waals surface area contributed by atoms with Gasteiger partial charge in [0.25, 0.3) is 0 Å². The third-order valence-corrected chi connectivity index (χ3v) is 7.99. The Hall–Kier alpha value is -0.130. The Bertz CT molecular complexity index is 438. The average molecular weight is 273 g/mol. The highest BCUT2D eigenvalue weighted by Crippen LogP contribution is 3.03. The first-order chi connectivity index (χ1) is 6.93. The number of rotatable bonds is 1. The molecule has 0 spiro atoms. The normalized spacial score (nSPS) is 77.3. The molecule has 15 heavy (non-hydrogen) atoms. The van der Waals surface area contributed by atoms with Crippen molar-refractivity contribution in [1.82, 2.24) is 0 Å². The Morgan fingerprint density at radius 2 is 1.47 bits per heavy atom. The van der Waals surface area contributed by atoms with Crippen LogP contribution >= 0.6 is 15.9 Å². The average Bonchev–Trinajstić information content (AvgIpc) is 2.25. The van der Waals surface area contributed by atoms with Gasteiger partial charge in [0.2, 0.25) is 0 Å². The van der Waals surface area contributed by atoms with Gasteiger partial charge in [-0.05, 0) is 29.6 Å². The van der Waals surface area contributed by atoms with Crippen molar-refractivity contribution in [2.45, 2.75) is 10.1 Å². The summed E-state index contributed by atoms with van der Waals surface area (Å²) in [5, 5.41) is 29.4. The summed E-state index contributed by atoms with van der Waals surface area (Å²) < 4.78 is -0.568. The minimum atomic E-state index is -1.66. The predicted octanol–water partition coefficient (Wildman–Crippen LogP) is -0.363. The van der Waals surface area contributed by atoms with Crippen LogP contribution in [0.3, 0.4) is 0 Å². The van der Waals surface area contributed by atoms with Crippen molar-refractivity contribution >= 4 is 21.9 Å². The topological polar surface area (TPSA) is 77.8 Å². The van der Waals surface area contributed by atoms with Crippen LogP contribution < -0.4 is 0 Å². The van der Waals surface area contributed by atoms with Crippen LogP contribution in [0, 0.1) is 40.9 Å². The van der Waals surface area contributed by atoms with E-state index in [1.807, 2.05) is 0 Å². The quantitative estimate of drug-likeness (QED) is 0.450. The van der Waals surface area contributed by atoms with Crippen LogP contribution in [0.5, 0.6) is 0 Å². The highest BCUT2D eigenvalue weighted by atomic mass is 79.9. The van der Waals surface area contributed by atoms with Gasteiger partial charge in [0.05, 0.1) is 9.74 Å². The summed E-state index contributed by atoms with van der Waals surface area (Å²) in [5.74, 6) is -1.90. The molecule has 0 saturated heterocycles. The lowest BCUT2D eigenvalue weighted by molar-refractivity contribution is -0.421. The maximum atomic E-state index is 11.3. The monoisotopic (exact) mass is 272 g/mol. The minimum absolute atomic E-state index is 0.0179. The molecule has 0 aliphatic heterocycles. The second kappa shape index (κ2) is 1.52. The lowest BCUT2D eigenvalue weighted by Crippen LogP contribution is -2.94. The third-order valence-electron chi connectivity index (χ3n) is 6.35. The molecular formula is C10H9BrO4. The highest BCUT2D eigenvalue weighted by Gasteiger charge is 3.09. The zero-order chi connectivity index (χ0) is 10.5. The van der Waals surface area contributed by atoms with E-state index in [1.165, 1.54) is 0 Å². The molecule has 2 bridgehead atoms. The molecule has 4 nitrogen and oxygen atoms in total. The molecule has 0 unspecified atom stereocenters. The Balaban J connectivity index is 1.76. The maximum absolute atomic E-state index is 11.3. The van der Waals surface area contributed by atoms with Crippen LogP contribution in [-0.2, 0) is 4.79 Å². The standard InChI is InChI=1S/C10H9BrO4/c11-9-4-1-5(9)3-6(10(9,14)15)2(4)8(1,3)7(12)13/h1-6,14-15H,(H,12,13)/t1?,2-,3-,4+,5+,6?,8?,9?/m0/s1. The van der Waals surface area contributed by atoms with Gasteiger partial charge in [-0.15, -0.1) is 0 Å². The van der Waals surface area contributed by atoms with E-state index >= 15 is 0 Å². The predicted molar refractivity (Wildman–Crippen MR) is 49.8 cm³/mol. The van der Waals surface area contributed by atoms with Gasteiger partial charge in [0.15, 0.2) is 5.79 Å². The first kappa shape index (κ1) is 8.03. The van der Waals surface area contributed by atoms with Crippen molar-refractivity contribution in [2.75, 3.05) is 0 Å². The van der Waals surface area contributed by atoms with Gasteiger partial charge in [-0.1, -0.05) is 15.9 Å². The number of aliphatic hydroxyl groups is 2. The van der Waals surface area contributed by atoms with Gasteiger partial charge in [0.1, 0.15) is 0 Å². The van der Waals surface area contributed by atoms with Crippen molar-refractivity contribution in [3.63, 3.8) is 0 Å². The van der Waals surface area contributed by atoms with Gasteiger partial charge in [-0.2, -0.15) is 0 Å². The number of carboxylic acids is 1. The first-order valence-corrected chi connectivity index (χ1v) is 6.09. The van der Waals surface area contributed by atoms with E-state index in [-0.39, 0.29) is 35.5 Å². The van der Waals surface area contributed by atoms with Crippen LogP contribution in [0.2, 0.25) is 0 Å². The van der Waals surface area contributed by atoms with Crippen molar-refractivity contribution < 1.29 is 20.1 Å². The Labute approximate surface area is 93.4 Å². The molecule has 80 valence electrons. The summed E-state index contributed by atoms with van der Waals surface area (Å²) >= 11 is 3.49. The zero-order valence-electron chi connectivity index (χ0n) is 7.59. The summed E-state index contributed by atoms with van der Waals surface area (Å²) in [6, 6.07) is 0. The summed E-state index contributed by atoms with van der Waals surface area (Å²) in [6.45, 7) is 0. The van der Waals surface area contributed by atoms with Gasteiger partial charge >= 0.3 is 5.97 Å². The van der Waals surface area contributed by atoms with Crippen LogP contribution in [0.25, 0.3) is 0 Å². The lowest BCUT2D eigenvalue weighted by atomic mass is 9.13. The van der Waals surface area contributed by atoms with Crippen molar-refractivity contribution in [3.05, 3.63) is 0 Å². The summed E-state index contributed by atoms with van der Waals surface area (Å²) in [4.78, 5) is 11.3. The third kappa shape index (κ3) is 0.349. The van der Waals surface area contributed by atoms with E-state index in [1.54, 1.807) is 0 Å². The van der Waals surface area contributed by atoms with Crippen LogP contribution in [0.15, 0.2) is 0 Å². The smallest absolute Gasteiger partial charge is 0.310 e. The molecule has 0 aromatic heterocycles. The number of alkyl halides is 1. The molecule has 4 atom stereocenters. The van der Waals surface area contributed by atoms with Crippen molar-refractivity contribution in [2.24, 2.45) is 40.9 Å². The van der Waals surface area contributed by atoms with E-state index in [9.17, 15) is 20.1 Å². The van der Waals surface area contributed by atoms with E-state index in [0.717, 1.165) is 0 Å². The number of carbonyl (C=O) groups is 1. The number of hydrogen-bond acceptors (Lipinski definition) is 3. The Morgan fingerprint density at radius 3 is 1.87 bits per heavy atom. The van der Waals surface area contributed by atoms with E-state index < -0.39 is 21.5 Å². The second-order valence-electron chi connectivity index (χ2n) is 5.89. The molecule has 6 fully saturated rings. The largest absolute Gasteiger partial charge is 0.481 e. The molecule has 6 aliphatic carbocycles. The second-order valence-corrected chi connectivity index (χ2v) is 7.20. The van der Waals surface area contributed by atoms with Crippen molar-refractivity contribution in [3.8, 4) is 0 Å². The molecule has 0 heterocycles. The van der Waals surface area contributed by atoms with Crippen LogP contribution in [0.4, 0.5) is 0 Å². The zero-order valence-corrected chi connectivity index (χ0v) is 9.18. The fourth-order valence-corrected chi connectivity index (χ4v) is 7.66. The van der Waals surface area contributed by atoms with E-state index in [0.29, 0.717) is 0 Å². The van der Waals surface area contributed by atoms with Crippen LogP contribution in [0.1, 0.15) is 0 Å². The molecule has 5 heteroatoms. The van der Waals surface area contributed by atoms with Crippen molar-refractivity contribution in [1.29, 1.82) is 0 Å². The van der Waals surface area contributed by atoms with Crippen LogP contribution in [-0.4, -0.2) is 31.4 Å². The number of hydrogen-bond donors (Lipinski definition) is 3. The Kier molecular flexibility index (Phi) is 0.814. The number of aliphatic carboxylic acids is 1. The summed E-state index contributed by atoms with van der Waals surface area (Å²) in [5.41, 5.74) is -0.551. The Morgan fingerprint density at radius 1 is 1.00 bits per heavy atom.